The van der Waals surface area contributed by atoms with Crippen LogP contribution in [0.25, 0.3) is 0 Å². The van der Waals surface area contributed by atoms with Crippen molar-refractivity contribution in [1.82, 2.24) is 15.5 Å². The second kappa shape index (κ2) is 13.2. The zero-order valence-electron chi connectivity index (χ0n) is 21.4. The van der Waals surface area contributed by atoms with Crippen molar-refractivity contribution in [3.63, 3.8) is 0 Å². The number of benzene rings is 3. The number of hydrogen-bond acceptors (Lipinski definition) is 8. The van der Waals surface area contributed by atoms with Crippen molar-refractivity contribution in [2.45, 2.75) is 49.3 Å². The quantitative estimate of drug-likeness (QED) is 0.215. The van der Waals surface area contributed by atoms with Gasteiger partial charge < -0.3 is 25.2 Å². The van der Waals surface area contributed by atoms with Gasteiger partial charge in [0.25, 0.3) is 0 Å². The molecule has 202 valence electrons. The maximum Gasteiger partial charge on any atom is 0.319 e. The first-order valence-electron chi connectivity index (χ1n) is 12.7. The number of amides is 2. The van der Waals surface area contributed by atoms with Gasteiger partial charge in [0.2, 0.25) is 0 Å². The average Bonchev–Trinajstić information content (AvgIpc) is 3.40. The average molecular weight is 563 g/mol. The number of aromatic nitrogens is 2. The molecule has 2 heterocycles. The number of ether oxygens (including phenoxy) is 2. The molecule has 0 bridgehead atoms. The van der Waals surface area contributed by atoms with E-state index in [2.05, 4.69) is 20.8 Å². The topological polar surface area (TPSA) is 106 Å². The molecule has 1 aromatic heterocycles. The smallest absolute Gasteiger partial charge is 0.319 e. The summed E-state index contributed by atoms with van der Waals surface area (Å²) in [4.78, 5) is 12.5. The lowest BCUT2D eigenvalue weighted by atomic mass is 10.0. The van der Waals surface area contributed by atoms with Crippen LogP contribution in [-0.4, -0.2) is 33.2 Å². The van der Waals surface area contributed by atoms with Crippen molar-refractivity contribution in [1.29, 1.82) is 0 Å². The van der Waals surface area contributed by atoms with Gasteiger partial charge in [0.1, 0.15) is 5.01 Å². The Kier molecular flexibility index (Phi) is 9.23. The van der Waals surface area contributed by atoms with Crippen LogP contribution in [-0.2, 0) is 22.6 Å². The fraction of sp³-hybridized carbons (Fsp3) is 0.276. The van der Waals surface area contributed by atoms with Gasteiger partial charge in [0, 0.05) is 30.0 Å². The molecule has 5 rings (SSSR count). The van der Waals surface area contributed by atoms with E-state index in [0.717, 1.165) is 31.6 Å². The SMILES string of the molecule is Cc1nnc(SC[C@@H]2C[C@H](c3ccc(CO)cc3)O[C@H](c3cccc(NC(=O)NCc4ccccc4)c3)O2)s1. The van der Waals surface area contributed by atoms with E-state index >= 15 is 0 Å². The Morgan fingerprint density at radius 3 is 2.56 bits per heavy atom. The maximum atomic E-state index is 12.5. The highest BCUT2D eigenvalue weighted by Crippen LogP contribution is 2.40. The molecule has 4 aromatic rings. The number of carbonyl (C=O) groups excluding carboxylic acids is 1. The molecule has 2 amide bonds. The van der Waals surface area contributed by atoms with E-state index in [1.54, 1.807) is 23.1 Å². The minimum Gasteiger partial charge on any atom is -0.392 e. The van der Waals surface area contributed by atoms with Crippen LogP contribution in [0.2, 0.25) is 0 Å². The Hall–Kier alpha value is -3.28. The second-order valence-electron chi connectivity index (χ2n) is 9.17. The summed E-state index contributed by atoms with van der Waals surface area (Å²) in [5.74, 6) is 0.708. The zero-order valence-corrected chi connectivity index (χ0v) is 23.1. The van der Waals surface area contributed by atoms with Crippen LogP contribution >= 0.6 is 23.1 Å². The monoisotopic (exact) mass is 562 g/mol. The second-order valence-corrected chi connectivity index (χ2v) is 11.6. The number of nitrogens with one attached hydrogen (secondary N) is 2. The van der Waals surface area contributed by atoms with Crippen molar-refractivity contribution in [3.05, 3.63) is 106 Å². The van der Waals surface area contributed by atoms with Crippen molar-refractivity contribution in [3.8, 4) is 0 Å². The van der Waals surface area contributed by atoms with Gasteiger partial charge in [-0.15, -0.1) is 10.2 Å². The summed E-state index contributed by atoms with van der Waals surface area (Å²) in [6, 6.07) is 24.8. The lowest BCUT2D eigenvalue weighted by Crippen LogP contribution is -2.31. The molecule has 3 aromatic carbocycles. The fourth-order valence-corrected chi connectivity index (χ4v) is 6.10. The van der Waals surface area contributed by atoms with Crippen LogP contribution in [0.3, 0.4) is 0 Å². The van der Waals surface area contributed by atoms with Crippen LogP contribution in [0, 0.1) is 6.92 Å². The number of hydrogen-bond donors (Lipinski definition) is 3. The van der Waals surface area contributed by atoms with Crippen LogP contribution in [0.15, 0.2) is 83.2 Å². The predicted octanol–water partition coefficient (Wildman–Crippen LogP) is 6.00. The summed E-state index contributed by atoms with van der Waals surface area (Å²) in [5.41, 5.74) is 4.36. The Labute approximate surface area is 235 Å². The number of carbonyl (C=O) groups is 1. The molecule has 10 heteroatoms. The fourth-order valence-electron chi connectivity index (χ4n) is 4.24. The molecular formula is C29H30N4O4S2. The van der Waals surface area contributed by atoms with Gasteiger partial charge in [0.15, 0.2) is 10.6 Å². The molecule has 0 spiro atoms. The van der Waals surface area contributed by atoms with Gasteiger partial charge >= 0.3 is 6.03 Å². The summed E-state index contributed by atoms with van der Waals surface area (Å²) in [6.07, 6.45) is -0.216. The third kappa shape index (κ3) is 7.65. The highest BCUT2D eigenvalue weighted by Gasteiger charge is 2.32. The third-order valence-corrected chi connectivity index (χ3v) is 8.33. The lowest BCUT2D eigenvalue weighted by molar-refractivity contribution is -0.245. The largest absolute Gasteiger partial charge is 0.392 e. The van der Waals surface area contributed by atoms with Crippen molar-refractivity contribution < 1.29 is 19.4 Å². The molecule has 3 N–H and O–H groups in total. The molecule has 0 aliphatic carbocycles. The number of aliphatic hydroxyl groups excluding tert-OH is 1. The van der Waals surface area contributed by atoms with Crippen molar-refractivity contribution >= 4 is 34.8 Å². The standard InChI is InChI=1S/C29H30N4O4S2/c1-19-32-33-29(39-19)38-18-25-15-26(22-12-10-21(17-34)11-13-22)37-27(36-25)23-8-5-9-24(14-23)31-28(35)30-16-20-6-3-2-4-7-20/h2-14,25-27,34H,15-18H2,1H3,(H2,30,31,35)/t25-,26+,27+/m0/s1. The van der Waals surface area contributed by atoms with E-state index in [-0.39, 0.29) is 24.8 Å². The summed E-state index contributed by atoms with van der Waals surface area (Å²) in [7, 11) is 0. The number of aliphatic hydroxyl groups is 1. The highest BCUT2D eigenvalue weighted by atomic mass is 32.2. The molecule has 1 aliphatic heterocycles. The normalized spacial score (nSPS) is 19.0. The van der Waals surface area contributed by atoms with Gasteiger partial charge in [-0.25, -0.2) is 4.79 Å². The van der Waals surface area contributed by atoms with E-state index < -0.39 is 6.29 Å². The molecule has 0 radical (unpaired) electrons. The number of urea groups is 1. The number of rotatable bonds is 9. The predicted molar refractivity (Wildman–Crippen MR) is 153 cm³/mol. The maximum absolute atomic E-state index is 12.5. The van der Waals surface area contributed by atoms with Gasteiger partial charge in [-0.05, 0) is 35.7 Å². The van der Waals surface area contributed by atoms with Gasteiger partial charge in [0.05, 0.1) is 18.8 Å². The number of aryl methyl sites for hydroxylation is 1. The Bertz CT molecular complexity index is 1370. The van der Waals surface area contributed by atoms with E-state index in [9.17, 15) is 9.90 Å². The first kappa shape index (κ1) is 27.3. The summed E-state index contributed by atoms with van der Waals surface area (Å²) >= 11 is 3.20. The van der Waals surface area contributed by atoms with E-state index in [1.165, 1.54) is 0 Å². The number of nitrogens with zero attached hydrogens (tertiary/aromatic N) is 2. The molecule has 3 atom stereocenters. The van der Waals surface area contributed by atoms with E-state index in [4.69, 9.17) is 9.47 Å². The van der Waals surface area contributed by atoms with Gasteiger partial charge in [-0.1, -0.05) is 89.8 Å². The summed E-state index contributed by atoms with van der Waals surface area (Å²) in [6.45, 7) is 2.37. The Balaban J connectivity index is 1.28. The van der Waals surface area contributed by atoms with E-state index in [0.29, 0.717) is 24.4 Å². The van der Waals surface area contributed by atoms with Crippen LogP contribution in [0.5, 0.6) is 0 Å². The molecule has 39 heavy (non-hydrogen) atoms. The summed E-state index contributed by atoms with van der Waals surface area (Å²) in [5, 5.41) is 24.5. The lowest BCUT2D eigenvalue weighted by Gasteiger charge is -2.36. The number of anilines is 1. The summed E-state index contributed by atoms with van der Waals surface area (Å²) < 4.78 is 13.8. The first-order valence-corrected chi connectivity index (χ1v) is 14.5. The van der Waals surface area contributed by atoms with Gasteiger partial charge in [-0.3, -0.25) is 0 Å². The molecule has 0 unspecified atom stereocenters. The van der Waals surface area contributed by atoms with Crippen LogP contribution in [0.1, 0.15) is 46.1 Å². The molecule has 1 saturated heterocycles. The Morgan fingerprint density at radius 2 is 1.82 bits per heavy atom. The first-order chi connectivity index (χ1) is 19.1. The Morgan fingerprint density at radius 1 is 1.00 bits per heavy atom. The van der Waals surface area contributed by atoms with Crippen LogP contribution in [0.4, 0.5) is 10.5 Å². The molecule has 1 aliphatic rings. The van der Waals surface area contributed by atoms with Crippen molar-refractivity contribution in [2.24, 2.45) is 0 Å². The third-order valence-electron chi connectivity index (χ3n) is 6.23. The van der Waals surface area contributed by atoms with E-state index in [1.807, 2.05) is 85.8 Å². The minimum absolute atomic E-state index is 0.00319. The molecule has 8 nitrogen and oxygen atoms in total. The molecule has 1 fully saturated rings. The van der Waals surface area contributed by atoms with Crippen LogP contribution < -0.4 is 10.6 Å². The van der Waals surface area contributed by atoms with Gasteiger partial charge in [-0.2, -0.15) is 0 Å². The highest BCUT2D eigenvalue weighted by molar-refractivity contribution is 8.01. The molecule has 0 saturated carbocycles. The molecular weight excluding hydrogens is 532 g/mol. The van der Waals surface area contributed by atoms with Crippen molar-refractivity contribution in [2.75, 3.05) is 11.1 Å². The number of thioether (sulfide) groups is 1. The minimum atomic E-state index is -0.614. The zero-order chi connectivity index (χ0) is 27.0.